The first-order chi connectivity index (χ1) is 27.7. The molecular formula is C41H38N12O4. The third-order valence-electron chi connectivity index (χ3n) is 10.7. The minimum absolute atomic E-state index is 0.145. The molecule has 2 fully saturated rings. The Bertz CT molecular complexity index is 2840. The van der Waals surface area contributed by atoms with E-state index in [2.05, 4.69) is 37.2 Å². The molecule has 2 aliphatic heterocycles. The number of ether oxygens (including phenoxy) is 1. The summed E-state index contributed by atoms with van der Waals surface area (Å²) in [5.74, 6) is 0.866. The number of rotatable bonds is 6. The van der Waals surface area contributed by atoms with Crippen LogP contribution in [0, 0.1) is 11.8 Å². The van der Waals surface area contributed by atoms with Gasteiger partial charge < -0.3 is 31.1 Å². The number of methoxy groups -OCH3 is 1. The number of aromatic nitrogens is 8. The van der Waals surface area contributed by atoms with E-state index in [9.17, 15) is 14.7 Å². The molecule has 5 N–H and O–H groups in total. The molecule has 2 unspecified atom stereocenters. The maximum absolute atomic E-state index is 11.9. The van der Waals surface area contributed by atoms with E-state index in [1.54, 1.807) is 39.8 Å². The molecule has 16 heteroatoms. The van der Waals surface area contributed by atoms with E-state index in [0.29, 0.717) is 54.8 Å². The summed E-state index contributed by atoms with van der Waals surface area (Å²) in [4.78, 5) is 45.8. The second kappa shape index (κ2) is 14.4. The zero-order valence-electron chi connectivity index (χ0n) is 30.9. The van der Waals surface area contributed by atoms with Gasteiger partial charge in [-0.25, -0.2) is 9.97 Å². The number of carboxylic acid groups (broad SMARTS) is 1. The Kier molecular flexibility index (Phi) is 8.91. The van der Waals surface area contributed by atoms with E-state index < -0.39 is 5.97 Å². The highest BCUT2D eigenvalue weighted by atomic mass is 16.5. The summed E-state index contributed by atoms with van der Waals surface area (Å²) in [5, 5.41) is 20.1. The average Bonchev–Trinajstić information content (AvgIpc) is 4.07. The molecule has 2 atom stereocenters. The van der Waals surface area contributed by atoms with Crippen LogP contribution in [0.25, 0.3) is 55.4 Å². The van der Waals surface area contributed by atoms with Crippen LogP contribution >= 0.6 is 0 Å². The van der Waals surface area contributed by atoms with Crippen molar-refractivity contribution in [1.29, 1.82) is 0 Å². The maximum Gasteiger partial charge on any atom is 0.310 e. The molecule has 6 aromatic heterocycles. The fraction of sp³-hybridized carbons (Fsp3) is 0.220. The van der Waals surface area contributed by atoms with Crippen molar-refractivity contribution in [2.24, 2.45) is 11.8 Å². The summed E-state index contributed by atoms with van der Waals surface area (Å²) in [6.07, 6.45) is 8.46. The Labute approximate surface area is 325 Å². The molecule has 57 heavy (non-hydrogen) atoms. The van der Waals surface area contributed by atoms with Crippen molar-refractivity contribution in [3.05, 3.63) is 97.6 Å². The quantitative estimate of drug-likeness (QED) is 0.191. The highest BCUT2D eigenvalue weighted by Crippen LogP contribution is 2.32. The van der Waals surface area contributed by atoms with E-state index in [-0.39, 0.29) is 17.8 Å². The number of nitrogen functional groups attached to an aromatic ring is 2. The number of hydrogen-bond acceptors (Lipinski definition) is 13. The van der Waals surface area contributed by atoms with Crippen molar-refractivity contribution in [1.82, 2.24) is 39.2 Å². The third kappa shape index (κ3) is 6.60. The number of esters is 1. The number of nitrogens with two attached hydrogens (primary N) is 2. The van der Waals surface area contributed by atoms with Gasteiger partial charge in [0.2, 0.25) is 0 Å². The number of para-hydroxylation sites is 2. The number of benzene rings is 2. The first-order valence-electron chi connectivity index (χ1n) is 18.5. The monoisotopic (exact) mass is 762 g/mol. The molecule has 16 nitrogen and oxygen atoms in total. The predicted molar refractivity (Wildman–Crippen MR) is 217 cm³/mol. The van der Waals surface area contributed by atoms with Crippen LogP contribution < -0.4 is 21.3 Å². The molecule has 0 amide bonds. The van der Waals surface area contributed by atoms with Gasteiger partial charge in [0.1, 0.15) is 23.3 Å². The molecule has 2 aliphatic rings. The molecule has 10 rings (SSSR count). The van der Waals surface area contributed by atoms with E-state index in [0.717, 1.165) is 62.8 Å². The molecule has 0 aliphatic carbocycles. The third-order valence-corrected chi connectivity index (χ3v) is 10.7. The number of carbonyl (C=O) groups is 2. The molecule has 286 valence electrons. The second-order valence-corrected chi connectivity index (χ2v) is 14.2. The maximum atomic E-state index is 11.9. The summed E-state index contributed by atoms with van der Waals surface area (Å²) >= 11 is 0. The van der Waals surface area contributed by atoms with Crippen molar-refractivity contribution in [3.63, 3.8) is 0 Å². The van der Waals surface area contributed by atoms with Gasteiger partial charge in [0.15, 0.2) is 11.3 Å². The Hall–Kier alpha value is -7.36. The molecule has 8 aromatic rings. The van der Waals surface area contributed by atoms with Gasteiger partial charge in [-0.3, -0.25) is 19.6 Å². The Morgan fingerprint density at radius 2 is 1.16 bits per heavy atom. The number of hydrogen-bond donors (Lipinski definition) is 3. The number of fused-ring (bicyclic) bond motifs is 4. The first kappa shape index (κ1) is 35.3. The zero-order valence-corrected chi connectivity index (χ0v) is 30.9. The number of carboxylic acids is 1. The Balaban J connectivity index is 0.000000148. The topological polar surface area (TPSA) is 208 Å². The molecular weight excluding hydrogens is 725 g/mol. The van der Waals surface area contributed by atoms with Crippen molar-refractivity contribution in [2.45, 2.75) is 12.8 Å². The van der Waals surface area contributed by atoms with E-state index in [1.165, 1.54) is 7.11 Å². The van der Waals surface area contributed by atoms with Gasteiger partial charge in [0.25, 0.3) is 0 Å². The molecule has 0 radical (unpaired) electrons. The van der Waals surface area contributed by atoms with Crippen LogP contribution in [0.1, 0.15) is 12.8 Å². The SMILES string of the molecule is COC(=O)C1CCN(c2cc(N)n3ncc(-c4cnc5ccccc5c4)c3n2)C1.Nc1cc(N2CCC(C(=O)O)C2)nc2c(-c3cnc4ccccc4c3)cnn12. The Morgan fingerprint density at radius 3 is 1.63 bits per heavy atom. The van der Waals surface area contributed by atoms with Gasteiger partial charge in [0, 0.05) is 83.7 Å². The van der Waals surface area contributed by atoms with Gasteiger partial charge in [0.05, 0.1) is 42.4 Å². The highest BCUT2D eigenvalue weighted by Gasteiger charge is 2.31. The lowest BCUT2D eigenvalue weighted by Crippen LogP contribution is -2.24. The number of carbonyl (C=O) groups excluding carboxylic acids is 1. The van der Waals surface area contributed by atoms with Crippen LogP contribution in [0.15, 0.2) is 97.6 Å². The standard InChI is InChI=1S/C21H20N6O2.C20H18N6O2/c1-29-21(28)14-6-7-26(12-14)19-9-18(22)27-20(25-19)16(11-24-27)15-8-13-4-2-3-5-17(13)23-10-15;21-17-8-18(25-6-5-13(11-25)20(27)28)24-19-15(10-23-26(17)19)14-7-12-3-1-2-4-16(12)22-9-14/h2-5,8-11,14H,6-7,12,22H2,1H3;1-4,7-10,13H,5-6,11,21H2,(H,27,28). The van der Waals surface area contributed by atoms with Crippen LogP contribution in [0.3, 0.4) is 0 Å². The predicted octanol–water partition coefficient (Wildman–Crippen LogP) is 4.96. The Morgan fingerprint density at radius 1 is 0.684 bits per heavy atom. The zero-order chi connectivity index (χ0) is 39.2. The fourth-order valence-electron chi connectivity index (χ4n) is 7.61. The van der Waals surface area contributed by atoms with Gasteiger partial charge in [-0.1, -0.05) is 36.4 Å². The van der Waals surface area contributed by atoms with Crippen molar-refractivity contribution in [3.8, 4) is 22.3 Å². The second-order valence-electron chi connectivity index (χ2n) is 14.2. The number of aliphatic carboxylic acids is 1. The van der Waals surface area contributed by atoms with Gasteiger partial charge in [-0.15, -0.1) is 0 Å². The molecule has 0 saturated carbocycles. The summed E-state index contributed by atoms with van der Waals surface area (Å²) in [5.41, 5.74) is 19.1. The minimum Gasteiger partial charge on any atom is -0.481 e. The van der Waals surface area contributed by atoms with Gasteiger partial charge >= 0.3 is 11.9 Å². The van der Waals surface area contributed by atoms with Crippen LogP contribution in [-0.4, -0.2) is 89.5 Å². The van der Waals surface area contributed by atoms with Crippen LogP contribution in [0.4, 0.5) is 23.3 Å². The number of anilines is 4. The van der Waals surface area contributed by atoms with Crippen molar-refractivity contribution < 1.29 is 19.4 Å². The average molecular weight is 763 g/mol. The number of pyridine rings is 2. The molecule has 8 heterocycles. The van der Waals surface area contributed by atoms with Crippen LogP contribution in [-0.2, 0) is 14.3 Å². The summed E-state index contributed by atoms with van der Waals surface area (Å²) < 4.78 is 8.10. The smallest absolute Gasteiger partial charge is 0.310 e. The fourth-order valence-corrected chi connectivity index (χ4v) is 7.61. The summed E-state index contributed by atoms with van der Waals surface area (Å²) in [6.45, 7) is 2.36. The molecule has 2 aromatic carbocycles. The normalized spacial score (nSPS) is 16.7. The lowest BCUT2D eigenvalue weighted by molar-refractivity contribution is -0.144. The summed E-state index contributed by atoms with van der Waals surface area (Å²) in [6, 6.07) is 23.6. The lowest BCUT2D eigenvalue weighted by Gasteiger charge is -2.18. The lowest BCUT2D eigenvalue weighted by atomic mass is 10.1. The van der Waals surface area contributed by atoms with Crippen LogP contribution in [0.5, 0.6) is 0 Å². The van der Waals surface area contributed by atoms with E-state index >= 15 is 0 Å². The van der Waals surface area contributed by atoms with Gasteiger partial charge in [-0.2, -0.15) is 19.2 Å². The number of nitrogens with zero attached hydrogens (tertiary/aromatic N) is 10. The largest absolute Gasteiger partial charge is 0.481 e. The van der Waals surface area contributed by atoms with E-state index in [1.807, 2.05) is 59.6 Å². The molecule has 0 spiro atoms. The first-order valence-corrected chi connectivity index (χ1v) is 18.5. The summed E-state index contributed by atoms with van der Waals surface area (Å²) in [7, 11) is 1.42. The van der Waals surface area contributed by atoms with Crippen molar-refractivity contribution in [2.75, 3.05) is 54.6 Å². The minimum atomic E-state index is -0.774. The molecule has 0 bridgehead atoms. The van der Waals surface area contributed by atoms with E-state index in [4.69, 9.17) is 26.2 Å². The van der Waals surface area contributed by atoms with Crippen LogP contribution in [0.2, 0.25) is 0 Å². The van der Waals surface area contributed by atoms with Gasteiger partial charge in [-0.05, 0) is 37.1 Å². The highest BCUT2D eigenvalue weighted by molar-refractivity contribution is 5.88. The molecule has 2 saturated heterocycles. The van der Waals surface area contributed by atoms with Crippen molar-refractivity contribution >= 4 is 68.3 Å².